The fourth-order valence-electron chi connectivity index (χ4n) is 3.67. The van der Waals surface area contributed by atoms with Crippen molar-refractivity contribution in [3.05, 3.63) is 59.3 Å². The van der Waals surface area contributed by atoms with Crippen LogP contribution in [0.25, 0.3) is 16.8 Å². The van der Waals surface area contributed by atoms with E-state index in [9.17, 15) is 9.18 Å². The molecule has 1 fully saturated rings. The molecular formula is C22H25FN4O3. The molecule has 8 heteroatoms. The second-order valence-electron chi connectivity index (χ2n) is 7.31. The van der Waals surface area contributed by atoms with E-state index in [1.807, 2.05) is 13.2 Å². The average Bonchev–Trinajstić information content (AvgIpc) is 3.41. The van der Waals surface area contributed by atoms with Gasteiger partial charge in [0.25, 0.3) is 5.56 Å². The number of aryl methyl sites for hydroxylation is 1. The molecule has 0 saturated carbocycles. The molecule has 0 spiro atoms. The van der Waals surface area contributed by atoms with Crippen LogP contribution in [-0.4, -0.2) is 52.3 Å². The van der Waals surface area contributed by atoms with E-state index in [-0.39, 0.29) is 5.56 Å². The number of rotatable bonds is 8. The Morgan fingerprint density at radius 1 is 1.10 bits per heavy atom. The van der Waals surface area contributed by atoms with Crippen LogP contribution >= 0.6 is 0 Å². The molecule has 0 radical (unpaired) electrons. The van der Waals surface area contributed by atoms with Gasteiger partial charge in [-0.05, 0) is 50.2 Å². The Hall–Kier alpha value is -3.13. The van der Waals surface area contributed by atoms with E-state index < -0.39 is 6.86 Å². The molecule has 2 aromatic heterocycles. The third kappa shape index (κ3) is 4.54. The first-order valence-electron chi connectivity index (χ1n) is 10.0. The topological polar surface area (TPSA) is 61.5 Å². The van der Waals surface area contributed by atoms with E-state index >= 15 is 0 Å². The minimum atomic E-state index is -0.895. The van der Waals surface area contributed by atoms with Crippen molar-refractivity contribution in [1.29, 1.82) is 0 Å². The molecule has 0 aliphatic carbocycles. The summed E-state index contributed by atoms with van der Waals surface area (Å²) in [4.78, 5) is 15.2. The lowest BCUT2D eigenvalue weighted by atomic mass is 10.1. The Labute approximate surface area is 174 Å². The van der Waals surface area contributed by atoms with E-state index in [0.29, 0.717) is 23.8 Å². The monoisotopic (exact) mass is 412 g/mol. The number of halogens is 1. The van der Waals surface area contributed by atoms with Gasteiger partial charge in [-0.2, -0.15) is 5.10 Å². The Morgan fingerprint density at radius 2 is 1.87 bits per heavy atom. The van der Waals surface area contributed by atoms with Crippen LogP contribution in [0.4, 0.5) is 4.39 Å². The van der Waals surface area contributed by atoms with E-state index in [1.165, 1.54) is 23.5 Å². The minimum Gasteiger partial charge on any atom is -0.491 e. The second kappa shape index (κ2) is 9.13. The van der Waals surface area contributed by atoms with E-state index in [0.717, 1.165) is 30.8 Å². The second-order valence-corrected chi connectivity index (χ2v) is 7.31. The molecule has 7 nitrogen and oxygen atoms in total. The quantitative estimate of drug-likeness (QED) is 0.569. The fourth-order valence-corrected chi connectivity index (χ4v) is 3.67. The van der Waals surface area contributed by atoms with Crippen LogP contribution in [0.1, 0.15) is 12.8 Å². The van der Waals surface area contributed by atoms with Gasteiger partial charge >= 0.3 is 0 Å². The molecule has 0 unspecified atom stereocenters. The molecule has 0 atom stereocenters. The van der Waals surface area contributed by atoms with Crippen molar-refractivity contribution in [2.24, 2.45) is 7.05 Å². The number of likely N-dealkylation sites (tertiary alicyclic amines) is 1. The van der Waals surface area contributed by atoms with Gasteiger partial charge in [0.05, 0.1) is 6.20 Å². The highest BCUT2D eigenvalue weighted by molar-refractivity contribution is 5.68. The van der Waals surface area contributed by atoms with Crippen LogP contribution in [0.2, 0.25) is 0 Å². The molecular weight excluding hydrogens is 387 g/mol. The highest BCUT2D eigenvalue weighted by Gasteiger charge is 2.15. The van der Waals surface area contributed by atoms with Gasteiger partial charge in [-0.25, -0.2) is 4.39 Å². The molecule has 1 saturated heterocycles. The van der Waals surface area contributed by atoms with Gasteiger partial charge in [-0.15, -0.1) is 0 Å². The number of ether oxygens (including phenoxy) is 2. The van der Waals surface area contributed by atoms with Gasteiger partial charge in [-0.3, -0.25) is 18.9 Å². The normalized spacial score (nSPS) is 14.2. The molecule has 1 aliphatic heterocycles. The van der Waals surface area contributed by atoms with Crippen LogP contribution in [0.5, 0.6) is 11.5 Å². The maximum atomic E-state index is 12.8. The number of hydrogen-bond acceptors (Lipinski definition) is 5. The number of pyridine rings is 1. The Balaban J connectivity index is 1.64. The predicted molar refractivity (Wildman–Crippen MR) is 112 cm³/mol. The number of hydrogen-bond donors (Lipinski definition) is 0. The predicted octanol–water partition coefficient (Wildman–Crippen LogP) is 3.02. The molecule has 158 valence electrons. The summed E-state index contributed by atoms with van der Waals surface area (Å²) in [5.74, 6) is 0.949. The van der Waals surface area contributed by atoms with Crippen molar-refractivity contribution in [2.45, 2.75) is 12.8 Å². The smallest absolute Gasteiger partial charge is 0.258 e. The summed E-state index contributed by atoms with van der Waals surface area (Å²) in [5.41, 5.74) is 2.09. The summed E-state index contributed by atoms with van der Waals surface area (Å²) in [6.45, 7) is 2.66. The Morgan fingerprint density at radius 3 is 2.53 bits per heavy atom. The van der Waals surface area contributed by atoms with Gasteiger partial charge in [0.15, 0.2) is 0 Å². The summed E-state index contributed by atoms with van der Waals surface area (Å²) < 4.78 is 26.5. The number of benzene rings is 1. The van der Waals surface area contributed by atoms with E-state index in [1.54, 1.807) is 41.3 Å². The van der Waals surface area contributed by atoms with E-state index in [2.05, 4.69) is 10.00 Å². The molecule has 1 aromatic carbocycles. The van der Waals surface area contributed by atoms with Gasteiger partial charge in [0.2, 0.25) is 6.86 Å². The van der Waals surface area contributed by atoms with Crippen LogP contribution in [0, 0.1) is 0 Å². The molecule has 30 heavy (non-hydrogen) atoms. The zero-order valence-corrected chi connectivity index (χ0v) is 17.0. The molecule has 4 rings (SSSR count). The van der Waals surface area contributed by atoms with Crippen molar-refractivity contribution < 1.29 is 13.9 Å². The maximum Gasteiger partial charge on any atom is 0.258 e. The van der Waals surface area contributed by atoms with Crippen LogP contribution in [-0.2, 0) is 7.05 Å². The first kappa shape index (κ1) is 20.2. The van der Waals surface area contributed by atoms with Gasteiger partial charge < -0.3 is 9.47 Å². The highest BCUT2D eigenvalue weighted by Crippen LogP contribution is 2.29. The third-order valence-corrected chi connectivity index (χ3v) is 5.23. The zero-order chi connectivity index (χ0) is 20.9. The lowest BCUT2D eigenvalue weighted by molar-refractivity contribution is 0.192. The zero-order valence-electron chi connectivity index (χ0n) is 17.0. The first-order chi connectivity index (χ1) is 14.6. The van der Waals surface area contributed by atoms with E-state index in [4.69, 9.17) is 9.47 Å². The highest BCUT2D eigenvalue weighted by atomic mass is 19.1. The lowest BCUT2D eigenvalue weighted by Crippen LogP contribution is -2.25. The minimum absolute atomic E-state index is 0.210. The summed E-state index contributed by atoms with van der Waals surface area (Å²) in [7, 11) is 1.84. The van der Waals surface area contributed by atoms with Crippen molar-refractivity contribution in [1.82, 2.24) is 19.2 Å². The number of aromatic nitrogens is 3. The van der Waals surface area contributed by atoms with Crippen LogP contribution < -0.4 is 15.0 Å². The third-order valence-electron chi connectivity index (χ3n) is 5.23. The molecule has 0 amide bonds. The van der Waals surface area contributed by atoms with Crippen LogP contribution in [0.15, 0.2) is 53.7 Å². The SMILES string of the molecule is Cn1cc(-c2cn(-c3ccc(OCF)cc3)c(=O)cc2OCCN2CCCC2)cn1. The Bertz CT molecular complexity index is 1040. The summed E-state index contributed by atoms with van der Waals surface area (Å²) in [6, 6.07) is 8.20. The lowest BCUT2D eigenvalue weighted by Gasteiger charge is -2.17. The van der Waals surface area contributed by atoms with Crippen molar-refractivity contribution in [3.63, 3.8) is 0 Å². The Kier molecular flexibility index (Phi) is 6.13. The standard InChI is InChI=1S/C22H25FN4O3/c1-25-14-17(13-24-25)20-15-27(18-4-6-19(7-5-18)30-16-23)22(28)12-21(20)29-11-10-26-8-2-3-9-26/h4-7,12-15H,2-3,8-11,16H2,1H3. The van der Waals surface area contributed by atoms with Crippen molar-refractivity contribution >= 4 is 0 Å². The largest absolute Gasteiger partial charge is 0.491 e. The molecule has 3 aromatic rings. The molecule has 0 bridgehead atoms. The number of alkyl halides is 1. The summed E-state index contributed by atoms with van der Waals surface area (Å²) >= 11 is 0. The summed E-state index contributed by atoms with van der Waals surface area (Å²) in [6.07, 6.45) is 7.85. The van der Waals surface area contributed by atoms with Gasteiger partial charge in [0.1, 0.15) is 18.1 Å². The average molecular weight is 412 g/mol. The maximum absolute atomic E-state index is 12.8. The van der Waals surface area contributed by atoms with Gasteiger partial charge in [-0.1, -0.05) is 0 Å². The van der Waals surface area contributed by atoms with Crippen molar-refractivity contribution in [3.8, 4) is 28.3 Å². The van der Waals surface area contributed by atoms with Gasteiger partial charge in [0, 0.05) is 48.9 Å². The van der Waals surface area contributed by atoms with Crippen molar-refractivity contribution in [2.75, 3.05) is 33.1 Å². The number of nitrogens with zero attached hydrogens (tertiary/aromatic N) is 4. The fraction of sp³-hybridized carbons (Fsp3) is 0.364. The molecule has 1 aliphatic rings. The molecule has 0 N–H and O–H groups in total. The summed E-state index contributed by atoms with van der Waals surface area (Å²) in [5, 5.41) is 4.25. The van der Waals surface area contributed by atoms with Crippen LogP contribution in [0.3, 0.4) is 0 Å². The molecule has 3 heterocycles. The first-order valence-corrected chi connectivity index (χ1v) is 10.0.